The summed E-state index contributed by atoms with van der Waals surface area (Å²) < 4.78 is 0. The average molecular weight is 521 g/mol. The smallest absolute Gasteiger partial charge is 0.243 e. The van der Waals surface area contributed by atoms with Crippen molar-refractivity contribution in [3.8, 4) is 0 Å². The molecule has 3 fully saturated rings. The average Bonchev–Trinajstić information content (AvgIpc) is 3.75. The van der Waals surface area contributed by atoms with Gasteiger partial charge in [-0.1, -0.05) is 57.7 Å². The lowest BCUT2D eigenvalue weighted by molar-refractivity contribution is -0.143. The number of amides is 2. The molecule has 1 heterocycles. The van der Waals surface area contributed by atoms with Crippen molar-refractivity contribution in [2.75, 3.05) is 13.6 Å². The molecule has 3 aliphatic rings. The highest BCUT2D eigenvalue weighted by Gasteiger charge is 2.48. The van der Waals surface area contributed by atoms with Crippen molar-refractivity contribution in [3.63, 3.8) is 0 Å². The van der Waals surface area contributed by atoms with Gasteiger partial charge in [-0.25, -0.2) is 0 Å². The Morgan fingerprint density at radius 1 is 1.16 bits per heavy atom. The van der Waals surface area contributed by atoms with Gasteiger partial charge in [0.2, 0.25) is 11.8 Å². The molecule has 0 spiro atoms. The van der Waals surface area contributed by atoms with E-state index in [1.165, 1.54) is 5.56 Å². The van der Waals surface area contributed by atoms with Gasteiger partial charge < -0.3 is 15.3 Å². The maximum atomic E-state index is 14.1. The number of carbonyl (C=O) groups excluding carboxylic acids is 2. The number of nitrogens with one attached hydrogen (secondary N) is 1. The molecule has 2 aliphatic carbocycles. The number of β-amino-alcohol motifs (C(OH)–C–C–N with tert-alkyl or cyclic N) is 1. The molecule has 2 N–H and O–H groups in total. The van der Waals surface area contributed by atoms with Crippen molar-refractivity contribution in [1.29, 1.82) is 0 Å². The zero-order chi connectivity index (χ0) is 27.7. The number of nitrogens with zero attached hydrogens (tertiary/aromatic N) is 3. The van der Waals surface area contributed by atoms with E-state index in [1.807, 2.05) is 45.0 Å². The summed E-state index contributed by atoms with van der Waals surface area (Å²) in [5.41, 5.74) is 1.86. The van der Waals surface area contributed by atoms with Gasteiger partial charge in [-0.3, -0.25) is 9.59 Å². The van der Waals surface area contributed by atoms with Gasteiger partial charge in [0.25, 0.3) is 0 Å². The molecule has 1 aromatic carbocycles. The molecule has 7 nitrogen and oxygen atoms in total. The molecule has 2 amide bonds. The predicted molar refractivity (Wildman–Crippen MR) is 149 cm³/mol. The molecule has 4 unspecified atom stereocenters. The Balaban J connectivity index is 1.55. The molecule has 2 saturated carbocycles. The summed E-state index contributed by atoms with van der Waals surface area (Å²) in [6.07, 6.45) is 6.42. The van der Waals surface area contributed by atoms with Crippen molar-refractivity contribution in [2.45, 2.75) is 83.9 Å². The van der Waals surface area contributed by atoms with Crippen LogP contribution >= 0.6 is 0 Å². The van der Waals surface area contributed by atoms with Crippen molar-refractivity contribution < 1.29 is 14.7 Å². The molecule has 206 valence electrons. The standard InChI is InChI=1S/C31H44N4O3/c1-20(16-25(34-32-6)22-12-13-22)27(30(2,3)4)29(38)35-19-24(36)17-26(35)28(37)33-31(5,23-14-15-23)18-21-10-8-7-9-11-21/h7-11,16,22-24,26-27,36H,1,12-15,17-19H2,2-6H3,(H,33,37)/b25-16-,34-32-. The number of allylic oxidation sites excluding steroid dienone is 2. The van der Waals surface area contributed by atoms with E-state index < -0.39 is 29.0 Å². The first-order chi connectivity index (χ1) is 17.9. The zero-order valence-electron chi connectivity index (χ0n) is 23.6. The van der Waals surface area contributed by atoms with Crippen LogP contribution in [-0.2, 0) is 16.0 Å². The summed E-state index contributed by atoms with van der Waals surface area (Å²) in [7, 11) is 1.65. The number of hydrogen-bond acceptors (Lipinski definition) is 5. The summed E-state index contributed by atoms with van der Waals surface area (Å²) in [6.45, 7) is 12.6. The van der Waals surface area contributed by atoms with E-state index in [4.69, 9.17) is 0 Å². The van der Waals surface area contributed by atoms with E-state index in [0.29, 0.717) is 17.4 Å². The quantitative estimate of drug-likeness (QED) is 0.333. The molecule has 0 bridgehead atoms. The number of carbonyl (C=O) groups is 2. The van der Waals surface area contributed by atoms with Crippen LogP contribution in [-0.4, -0.2) is 53.1 Å². The van der Waals surface area contributed by atoms with Crippen molar-refractivity contribution in [2.24, 2.45) is 33.4 Å². The van der Waals surface area contributed by atoms with Crippen LogP contribution in [0.1, 0.15) is 65.4 Å². The first-order valence-corrected chi connectivity index (χ1v) is 14.0. The monoisotopic (exact) mass is 520 g/mol. The molecule has 0 radical (unpaired) electrons. The van der Waals surface area contributed by atoms with Crippen LogP contribution in [0.25, 0.3) is 0 Å². The Kier molecular flexibility index (Phi) is 8.26. The lowest BCUT2D eigenvalue weighted by Crippen LogP contribution is -2.56. The van der Waals surface area contributed by atoms with Crippen LogP contribution < -0.4 is 5.32 Å². The van der Waals surface area contributed by atoms with Crippen LogP contribution in [0, 0.1) is 23.2 Å². The summed E-state index contributed by atoms with van der Waals surface area (Å²) in [4.78, 5) is 29.5. The fourth-order valence-corrected chi connectivity index (χ4v) is 5.95. The summed E-state index contributed by atoms with van der Waals surface area (Å²) in [5, 5.41) is 22.2. The number of likely N-dealkylation sites (tertiary alicyclic amines) is 1. The SMILES string of the molecule is C=C(/C=C(\N=N/C)C1CC1)C(C(=O)N1CC(O)CC1C(=O)NC(C)(Cc1ccccc1)C1CC1)C(C)(C)C. The second-order valence-corrected chi connectivity index (χ2v) is 12.8. The highest BCUT2D eigenvalue weighted by Crippen LogP contribution is 2.43. The second-order valence-electron chi connectivity index (χ2n) is 12.8. The summed E-state index contributed by atoms with van der Waals surface area (Å²) >= 11 is 0. The number of hydrogen-bond donors (Lipinski definition) is 2. The van der Waals surface area contributed by atoms with Gasteiger partial charge in [0.05, 0.1) is 17.7 Å². The van der Waals surface area contributed by atoms with Crippen LogP contribution in [0.5, 0.6) is 0 Å². The molecular formula is C31H44N4O3. The molecule has 1 aromatic rings. The van der Waals surface area contributed by atoms with E-state index in [1.54, 1.807) is 11.9 Å². The summed E-state index contributed by atoms with van der Waals surface area (Å²) in [6, 6.07) is 9.48. The lowest BCUT2D eigenvalue weighted by atomic mass is 9.75. The third-order valence-electron chi connectivity index (χ3n) is 8.19. The minimum absolute atomic E-state index is 0.142. The number of rotatable bonds is 10. The Labute approximate surface area is 227 Å². The molecule has 7 heteroatoms. The second kappa shape index (κ2) is 11.1. The van der Waals surface area contributed by atoms with Crippen molar-refractivity contribution in [3.05, 3.63) is 59.8 Å². The maximum Gasteiger partial charge on any atom is 0.243 e. The minimum atomic E-state index is -0.739. The van der Waals surface area contributed by atoms with Crippen molar-refractivity contribution in [1.82, 2.24) is 10.2 Å². The van der Waals surface area contributed by atoms with E-state index in [0.717, 1.165) is 37.8 Å². The van der Waals surface area contributed by atoms with Gasteiger partial charge in [0.1, 0.15) is 6.04 Å². The molecule has 1 saturated heterocycles. The Morgan fingerprint density at radius 3 is 2.37 bits per heavy atom. The predicted octanol–water partition coefficient (Wildman–Crippen LogP) is 5.07. The van der Waals surface area contributed by atoms with E-state index in [9.17, 15) is 14.7 Å². The highest BCUT2D eigenvalue weighted by molar-refractivity contribution is 5.91. The van der Waals surface area contributed by atoms with Crippen molar-refractivity contribution >= 4 is 11.8 Å². The molecule has 0 aromatic heterocycles. The minimum Gasteiger partial charge on any atom is -0.391 e. The number of benzene rings is 1. The normalized spacial score (nSPS) is 24.8. The molecule has 4 rings (SSSR count). The first-order valence-electron chi connectivity index (χ1n) is 14.0. The largest absolute Gasteiger partial charge is 0.391 e. The third-order valence-corrected chi connectivity index (χ3v) is 8.19. The van der Waals surface area contributed by atoms with E-state index >= 15 is 0 Å². The maximum absolute atomic E-state index is 14.1. The zero-order valence-corrected chi connectivity index (χ0v) is 23.6. The van der Waals surface area contributed by atoms with Gasteiger partial charge in [-0.2, -0.15) is 10.2 Å². The van der Waals surface area contributed by atoms with Gasteiger partial charge in [0, 0.05) is 31.5 Å². The first kappa shape index (κ1) is 28.2. The molecule has 1 aliphatic heterocycles. The van der Waals surface area contributed by atoms with Gasteiger partial charge >= 0.3 is 0 Å². The molecular weight excluding hydrogens is 476 g/mol. The van der Waals surface area contributed by atoms with Crippen LogP contribution in [0.4, 0.5) is 0 Å². The van der Waals surface area contributed by atoms with Gasteiger partial charge in [-0.15, -0.1) is 0 Å². The molecule has 38 heavy (non-hydrogen) atoms. The Hall–Kier alpha value is -2.80. The number of azo groups is 1. The van der Waals surface area contributed by atoms with Gasteiger partial charge in [0.15, 0.2) is 0 Å². The van der Waals surface area contributed by atoms with Crippen LogP contribution in [0.3, 0.4) is 0 Å². The Bertz CT molecular complexity index is 1100. The topological polar surface area (TPSA) is 94.4 Å². The third kappa shape index (κ3) is 6.60. The lowest BCUT2D eigenvalue weighted by Gasteiger charge is -2.37. The fraction of sp³-hybridized carbons (Fsp3) is 0.613. The fourth-order valence-electron chi connectivity index (χ4n) is 5.95. The Morgan fingerprint density at radius 2 is 1.82 bits per heavy atom. The summed E-state index contributed by atoms with van der Waals surface area (Å²) in [5.74, 6) is -0.142. The van der Waals surface area contributed by atoms with E-state index in [2.05, 4.69) is 41.2 Å². The van der Waals surface area contributed by atoms with Gasteiger partial charge in [-0.05, 0) is 67.6 Å². The van der Waals surface area contributed by atoms with E-state index in [-0.39, 0.29) is 24.8 Å². The van der Waals surface area contributed by atoms with Crippen LogP contribution in [0.2, 0.25) is 0 Å². The number of aliphatic hydroxyl groups excluding tert-OH is 1. The number of aliphatic hydroxyl groups is 1. The highest BCUT2D eigenvalue weighted by atomic mass is 16.3. The van der Waals surface area contributed by atoms with Crippen LogP contribution in [0.15, 0.2) is 64.5 Å². The molecule has 4 atom stereocenters.